The van der Waals surface area contributed by atoms with E-state index in [0.29, 0.717) is 0 Å². The molecule has 1 saturated heterocycles. The molecule has 1 N–H and O–H groups in total. The van der Waals surface area contributed by atoms with Gasteiger partial charge in [0.2, 0.25) is 0 Å². The molecule has 1 aliphatic carbocycles. The van der Waals surface area contributed by atoms with Gasteiger partial charge in [0.05, 0.1) is 5.41 Å². The fourth-order valence-corrected chi connectivity index (χ4v) is 3.59. The quantitative estimate of drug-likeness (QED) is 0.720. The van der Waals surface area contributed by atoms with E-state index < -0.39 is 41.7 Å². The first kappa shape index (κ1) is 12.7. The number of hydrogen-bond acceptors (Lipinski definition) is 3. The lowest BCUT2D eigenvalue weighted by molar-refractivity contribution is -0.177. The van der Waals surface area contributed by atoms with Crippen molar-refractivity contribution < 1.29 is 23.4 Å². The number of carbonyl (C=O) groups excluding carboxylic acids is 1. The number of ether oxygens (including phenoxy) is 1. The zero-order valence-corrected chi connectivity index (χ0v) is 10.2. The van der Waals surface area contributed by atoms with Gasteiger partial charge in [0.15, 0.2) is 0 Å². The fourth-order valence-electron chi connectivity index (χ4n) is 3.59. The van der Waals surface area contributed by atoms with E-state index in [1.165, 1.54) is 13.8 Å². The highest BCUT2D eigenvalue weighted by molar-refractivity contribution is 5.79. The van der Waals surface area contributed by atoms with Crippen molar-refractivity contribution in [1.29, 1.82) is 0 Å². The Kier molecular flexibility index (Phi) is 2.73. The van der Waals surface area contributed by atoms with Crippen LogP contribution < -0.4 is 0 Å². The standard InChI is InChI=1S/C12H18F2O3/c1-6-8(4-15)9-7(2)17-10(16)11(9,3)5-12(6,13)14/h6-9,15H,4-5H2,1-3H3/t6-,7+,8-,9-,11+/m0/s1. The van der Waals surface area contributed by atoms with Crippen molar-refractivity contribution in [3.8, 4) is 0 Å². The van der Waals surface area contributed by atoms with E-state index in [0.717, 1.165) is 0 Å². The van der Waals surface area contributed by atoms with Gasteiger partial charge in [-0.05, 0) is 19.8 Å². The molecule has 2 fully saturated rings. The normalized spacial score (nSPS) is 48.7. The van der Waals surface area contributed by atoms with E-state index in [-0.39, 0.29) is 12.5 Å². The summed E-state index contributed by atoms with van der Waals surface area (Å²) in [6.45, 7) is 4.35. The number of rotatable bonds is 1. The Balaban J connectivity index is 2.44. The second kappa shape index (κ2) is 3.64. The van der Waals surface area contributed by atoms with Crippen LogP contribution in [0.25, 0.3) is 0 Å². The molecule has 0 aromatic rings. The van der Waals surface area contributed by atoms with Gasteiger partial charge in [0, 0.05) is 24.9 Å². The maximum Gasteiger partial charge on any atom is 0.312 e. The van der Waals surface area contributed by atoms with Crippen LogP contribution in [0.5, 0.6) is 0 Å². The molecule has 3 nitrogen and oxygen atoms in total. The van der Waals surface area contributed by atoms with Gasteiger partial charge in [-0.3, -0.25) is 4.79 Å². The van der Waals surface area contributed by atoms with Gasteiger partial charge >= 0.3 is 5.97 Å². The van der Waals surface area contributed by atoms with Crippen molar-refractivity contribution in [3.05, 3.63) is 0 Å². The average Bonchev–Trinajstić information content (AvgIpc) is 2.41. The molecule has 0 aromatic carbocycles. The Morgan fingerprint density at radius 3 is 2.59 bits per heavy atom. The molecule has 1 heterocycles. The maximum absolute atomic E-state index is 13.9. The summed E-state index contributed by atoms with van der Waals surface area (Å²) < 4.78 is 32.9. The topological polar surface area (TPSA) is 46.5 Å². The summed E-state index contributed by atoms with van der Waals surface area (Å²) in [5.41, 5.74) is -1.16. The van der Waals surface area contributed by atoms with Gasteiger partial charge in [-0.1, -0.05) is 6.92 Å². The molecule has 17 heavy (non-hydrogen) atoms. The third-order valence-electron chi connectivity index (χ3n) is 4.58. The van der Waals surface area contributed by atoms with Crippen LogP contribution >= 0.6 is 0 Å². The number of alkyl halides is 2. The van der Waals surface area contributed by atoms with Crippen LogP contribution in [0.15, 0.2) is 0 Å². The molecular formula is C12H18F2O3. The number of esters is 1. The van der Waals surface area contributed by atoms with Crippen molar-refractivity contribution in [2.75, 3.05) is 6.61 Å². The SMILES string of the molecule is C[C@H]1OC(=O)[C@]2(C)CC(F)(F)[C@@H](C)[C@H](CO)[C@H]12. The molecule has 0 bridgehead atoms. The lowest BCUT2D eigenvalue weighted by atomic mass is 9.57. The maximum atomic E-state index is 13.9. The molecule has 1 saturated carbocycles. The number of cyclic esters (lactones) is 1. The number of fused-ring (bicyclic) bond motifs is 1. The summed E-state index contributed by atoms with van der Waals surface area (Å²) >= 11 is 0. The monoisotopic (exact) mass is 248 g/mol. The van der Waals surface area contributed by atoms with E-state index in [1.807, 2.05) is 0 Å². The summed E-state index contributed by atoms with van der Waals surface area (Å²) in [5, 5.41) is 9.36. The summed E-state index contributed by atoms with van der Waals surface area (Å²) in [4.78, 5) is 11.8. The molecule has 5 atom stereocenters. The van der Waals surface area contributed by atoms with Crippen LogP contribution in [-0.4, -0.2) is 29.7 Å². The Morgan fingerprint density at radius 2 is 2.06 bits per heavy atom. The van der Waals surface area contributed by atoms with Crippen molar-refractivity contribution in [3.63, 3.8) is 0 Å². The molecule has 2 aliphatic rings. The highest BCUT2D eigenvalue weighted by Crippen LogP contribution is 2.58. The fraction of sp³-hybridized carbons (Fsp3) is 0.917. The number of aliphatic hydroxyl groups excluding tert-OH is 1. The van der Waals surface area contributed by atoms with E-state index >= 15 is 0 Å². The molecule has 2 rings (SSSR count). The highest BCUT2D eigenvalue weighted by Gasteiger charge is 2.65. The van der Waals surface area contributed by atoms with Gasteiger partial charge in [-0.15, -0.1) is 0 Å². The average molecular weight is 248 g/mol. The molecule has 0 aromatic heterocycles. The summed E-state index contributed by atoms with van der Waals surface area (Å²) in [5.74, 6) is -5.33. The molecule has 5 heteroatoms. The third-order valence-corrected chi connectivity index (χ3v) is 4.58. The molecule has 98 valence electrons. The van der Waals surface area contributed by atoms with Crippen molar-refractivity contribution in [1.82, 2.24) is 0 Å². The summed E-state index contributed by atoms with van der Waals surface area (Å²) in [6, 6.07) is 0. The highest BCUT2D eigenvalue weighted by atomic mass is 19.3. The minimum Gasteiger partial charge on any atom is -0.462 e. The van der Waals surface area contributed by atoms with Gasteiger partial charge in [-0.25, -0.2) is 8.78 Å². The Labute approximate surface area is 99.1 Å². The third kappa shape index (κ3) is 1.58. The van der Waals surface area contributed by atoms with Crippen LogP contribution in [0, 0.1) is 23.2 Å². The van der Waals surface area contributed by atoms with Crippen molar-refractivity contribution >= 4 is 5.97 Å². The van der Waals surface area contributed by atoms with Crippen LogP contribution in [0.2, 0.25) is 0 Å². The van der Waals surface area contributed by atoms with Gasteiger partial charge in [0.25, 0.3) is 5.92 Å². The Morgan fingerprint density at radius 1 is 1.47 bits per heavy atom. The van der Waals surface area contributed by atoms with E-state index in [1.54, 1.807) is 6.92 Å². The number of hydrogen-bond donors (Lipinski definition) is 1. The molecule has 0 radical (unpaired) electrons. The Bertz CT molecular complexity index is 345. The Hall–Kier alpha value is -0.710. The second-order valence-corrected chi connectivity index (χ2v) is 5.63. The first-order valence-corrected chi connectivity index (χ1v) is 5.94. The molecule has 0 unspecified atom stereocenters. The minimum atomic E-state index is -2.93. The van der Waals surface area contributed by atoms with Crippen LogP contribution in [0.3, 0.4) is 0 Å². The molecular weight excluding hydrogens is 230 g/mol. The van der Waals surface area contributed by atoms with Gasteiger partial charge < -0.3 is 9.84 Å². The van der Waals surface area contributed by atoms with Gasteiger partial charge in [-0.2, -0.15) is 0 Å². The number of aliphatic hydroxyl groups is 1. The smallest absolute Gasteiger partial charge is 0.312 e. The minimum absolute atomic E-state index is 0.324. The van der Waals surface area contributed by atoms with E-state index in [4.69, 9.17) is 4.74 Å². The summed E-state index contributed by atoms with van der Waals surface area (Å²) in [7, 11) is 0. The van der Waals surface area contributed by atoms with E-state index in [9.17, 15) is 18.7 Å². The predicted molar refractivity (Wildman–Crippen MR) is 56.5 cm³/mol. The first-order chi connectivity index (χ1) is 7.74. The van der Waals surface area contributed by atoms with Crippen LogP contribution in [0.4, 0.5) is 8.78 Å². The first-order valence-electron chi connectivity index (χ1n) is 5.94. The number of carbonyl (C=O) groups is 1. The second-order valence-electron chi connectivity index (χ2n) is 5.63. The molecule has 1 aliphatic heterocycles. The van der Waals surface area contributed by atoms with Crippen molar-refractivity contribution in [2.45, 2.75) is 39.2 Å². The zero-order valence-electron chi connectivity index (χ0n) is 10.2. The van der Waals surface area contributed by atoms with Gasteiger partial charge in [0.1, 0.15) is 6.10 Å². The number of halogens is 2. The molecule has 0 spiro atoms. The van der Waals surface area contributed by atoms with Crippen molar-refractivity contribution in [2.24, 2.45) is 23.2 Å². The predicted octanol–water partition coefficient (Wildman–Crippen LogP) is 1.84. The van der Waals surface area contributed by atoms with Crippen LogP contribution in [-0.2, 0) is 9.53 Å². The van der Waals surface area contributed by atoms with Crippen LogP contribution in [0.1, 0.15) is 27.2 Å². The zero-order chi connectivity index (χ0) is 13.0. The lowest BCUT2D eigenvalue weighted by Crippen LogP contribution is -2.53. The van der Waals surface area contributed by atoms with E-state index in [2.05, 4.69) is 0 Å². The largest absolute Gasteiger partial charge is 0.462 e. The lowest BCUT2D eigenvalue weighted by Gasteiger charge is -2.46. The summed E-state index contributed by atoms with van der Waals surface area (Å²) in [6.07, 6.45) is -0.880. The molecule has 0 amide bonds.